The van der Waals surface area contributed by atoms with Gasteiger partial charge in [-0.3, -0.25) is 9.59 Å². The van der Waals surface area contributed by atoms with E-state index in [4.69, 9.17) is 0 Å². The molecule has 178 valence electrons. The Labute approximate surface area is 183 Å². The fourth-order valence-corrected chi connectivity index (χ4v) is 2.76. The maximum absolute atomic E-state index is 12.4. The first-order valence-electron chi connectivity index (χ1n) is 9.71. The Hall–Kier alpha value is -3.65. The van der Waals surface area contributed by atoms with Gasteiger partial charge >= 0.3 is 6.18 Å². The summed E-state index contributed by atoms with van der Waals surface area (Å²) in [5.74, 6) is -1.46. The molecule has 0 unspecified atom stereocenters. The molecule has 0 aliphatic rings. The number of hydrogen-bond donors (Lipinski definition) is 2. The van der Waals surface area contributed by atoms with Crippen molar-refractivity contribution in [3.8, 4) is 0 Å². The summed E-state index contributed by atoms with van der Waals surface area (Å²) in [5, 5.41) is 12.8. The van der Waals surface area contributed by atoms with E-state index in [-0.39, 0.29) is 25.5 Å². The number of carbonyl (C=O) groups is 2. The Morgan fingerprint density at radius 3 is 2.64 bits per heavy atom. The normalized spacial score (nSPS) is 11.8. The highest BCUT2D eigenvalue weighted by molar-refractivity contribution is 5.90. The SMILES string of the molecule is O=C(CCC(F)(F)F)NCc1cnn2cc(CNC(=O)c3ncnn3CCC(F)F)nc2c1. The van der Waals surface area contributed by atoms with E-state index in [2.05, 4.69) is 30.8 Å². The Balaban J connectivity index is 1.55. The summed E-state index contributed by atoms with van der Waals surface area (Å²) in [4.78, 5) is 31.9. The summed E-state index contributed by atoms with van der Waals surface area (Å²) >= 11 is 0. The zero-order valence-corrected chi connectivity index (χ0v) is 17.0. The van der Waals surface area contributed by atoms with Crippen LogP contribution >= 0.6 is 0 Å². The first-order chi connectivity index (χ1) is 15.6. The Morgan fingerprint density at radius 1 is 1.12 bits per heavy atom. The number of hydrogen-bond acceptors (Lipinski definition) is 6. The predicted molar refractivity (Wildman–Crippen MR) is 102 cm³/mol. The van der Waals surface area contributed by atoms with Crippen LogP contribution < -0.4 is 10.6 Å². The second-order valence-corrected chi connectivity index (χ2v) is 6.96. The maximum atomic E-state index is 12.4. The zero-order chi connectivity index (χ0) is 24.0. The monoisotopic (exact) mass is 474 g/mol. The highest BCUT2D eigenvalue weighted by Gasteiger charge is 2.27. The molecule has 0 saturated carbocycles. The molecule has 10 nitrogen and oxygen atoms in total. The fourth-order valence-electron chi connectivity index (χ4n) is 2.76. The molecule has 0 atom stereocenters. The van der Waals surface area contributed by atoms with Crippen molar-refractivity contribution in [2.45, 2.75) is 51.5 Å². The van der Waals surface area contributed by atoms with Gasteiger partial charge in [0.2, 0.25) is 18.2 Å². The van der Waals surface area contributed by atoms with Crippen molar-refractivity contribution in [2.75, 3.05) is 0 Å². The number of carbonyl (C=O) groups excluding carboxylic acids is 2. The van der Waals surface area contributed by atoms with Crippen LogP contribution in [0.25, 0.3) is 5.65 Å². The average Bonchev–Trinajstić information content (AvgIpc) is 3.38. The standard InChI is InChI=1S/C18H19F5N8O2/c19-13(20)2-4-30-16(26-10-28-30)17(33)25-8-12-9-31-14(29-12)5-11(7-27-31)6-24-15(32)1-3-18(21,22)23/h5,7,9-10,13H,1-4,6,8H2,(H,24,32)(H,25,33). The van der Waals surface area contributed by atoms with E-state index in [0.29, 0.717) is 16.9 Å². The van der Waals surface area contributed by atoms with E-state index in [9.17, 15) is 31.5 Å². The molecule has 33 heavy (non-hydrogen) atoms. The third-order valence-electron chi connectivity index (χ3n) is 4.36. The molecule has 0 bridgehead atoms. The zero-order valence-electron chi connectivity index (χ0n) is 17.0. The van der Waals surface area contributed by atoms with Gasteiger partial charge in [-0.2, -0.15) is 23.4 Å². The number of rotatable bonds is 10. The molecule has 3 aromatic rings. The molecule has 0 fully saturated rings. The quantitative estimate of drug-likeness (QED) is 0.433. The average molecular weight is 474 g/mol. The van der Waals surface area contributed by atoms with Gasteiger partial charge in [-0.15, -0.1) is 0 Å². The highest BCUT2D eigenvalue weighted by Crippen LogP contribution is 2.21. The summed E-state index contributed by atoms with van der Waals surface area (Å²) in [6.45, 7) is -0.185. The van der Waals surface area contributed by atoms with Gasteiger partial charge in [0, 0.05) is 25.9 Å². The van der Waals surface area contributed by atoms with Crippen molar-refractivity contribution in [3.63, 3.8) is 0 Å². The molecule has 0 aliphatic carbocycles. The minimum atomic E-state index is -4.40. The van der Waals surface area contributed by atoms with Gasteiger partial charge in [0.15, 0.2) is 5.65 Å². The highest BCUT2D eigenvalue weighted by atomic mass is 19.4. The van der Waals surface area contributed by atoms with E-state index >= 15 is 0 Å². The Morgan fingerprint density at radius 2 is 1.91 bits per heavy atom. The van der Waals surface area contributed by atoms with Crippen LogP contribution in [0.1, 0.15) is 41.1 Å². The third-order valence-corrected chi connectivity index (χ3v) is 4.36. The number of aryl methyl sites for hydroxylation is 1. The maximum Gasteiger partial charge on any atom is 0.389 e. The number of halogens is 5. The van der Waals surface area contributed by atoms with Crippen LogP contribution in [0.3, 0.4) is 0 Å². The second-order valence-electron chi connectivity index (χ2n) is 6.96. The number of nitrogens with one attached hydrogen (secondary N) is 2. The van der Waals surface area contributed by atoms with E-state index in [1.807, 2.05) is 0 Å². The molecule has 0 radical (unpaired) electrons. The largest absolute Gasteiger partial charge is 0.389 e. The number of imidazole rings is 1. The molecule has 3 aromatic heterocycles. The van der Waals surface area contributed by atoms with Crippen LogP contribution in [0.15, 0.2) is 24.8 Å². The minimum Gasteiger partial charge on any atom is -0.352 e. The minimum absolute atomic E-state index is 0.00654. The summed E-state index contributed by atoms with van der Waals surface area (Å²) in [6, 6.07) is 1.59. The first-order valence-corrected chi connectivity index (χ1v) is 9.71. The van der Waals surface area contributed by atoms with Crippen LogP contribution in [0.5, 0.6) is 0 Å². The lowest BCUT2D eigenvalue weighted by Crippen LogP contribution is -2.27. The van der Waals surface area contributed by atoms with Gasteiger partial charge < -0.3 is 10.6 Å². The molecule has 2 amide bonds. The van der Waals surface area contributed by atoms with E-state index in [0.717, 1.165) is 11.0 Å². The van der Waals surface area contributed by atoms with E-state index in [1.54, 1.807) is 12.3 Å². The van der Waals surface area contributed by atoms with Crippen molar-refractivity contribution in [1.82, 2.24) is 40.0 Å². The van der Waals surface area contributed by atoms with E-state index in [1.165, 1.54) is 10.7 Å². The van der Waals surface area contributed by atoms with Gasteiger partial charge in [-0.05, 0) is 11.6 Å². The fraction of sp³-hybridized carbons (Fsp3) is 0.444. The number of alkyl halides is 5. The molecule has 3 rings (SSSR count). The van der Waals surface area contributed by atoms with Crippen molar-refractivity contribution in [3.05, 3.63) is 41.9 Å². The molecule has 0 aromatic carbocycles. The Kier molecular flexibility index (Phi) is 7.50. The van der Waals surface area contributed by atoms with Crippen molar-refractivity contribution in [2.24, 2.45) is 0 Å². The Bertz CT molecular complexity index is 1110. The molecule has 0 spiro atoms. The van der Waals surface area contributed by atoms with Gasteiger partial charge in [0.25, 0.3) is 5.91 Å². The van der Waals surface area contributed by atoms with Crippen LogP contribution in [-0.2, 0) is 24.4 Å². The summed E-state index contributed by atoms with van der Waals surface area (Å²) in [6.07, 6.45) is -5.20. The molecule has 0 saturated heterocycles. The molecule has 2 N–H and O–H groups in total. The lowest BCUT2D eigenvalue weighted by molar-refractivity contribution is -0.144. The molecule has 3 heterocycles. The summed E-state index contributed by atoms with van der Waals surface area (Å²) in [7, 11) is 0. The number of nitrogens with zero attached hydrogens (tertiary/aromatic N) is 6. The summed E-state index contributed by atoms with van der Waals surface area (Å²) in [5.41, 5.74) is 1.35. The van der Waals surface area contributed by atoms with Crippen LogP contribution in [0.2, 0.25) is 0 Å². The van der Waals surface area contributed by atoms with Crippen LogP contribution in [0, 0.1) is 0 Å². The van der Waals surface area contributed by atoms with Gasteiger partial charge in [0.05, 0.1) is 31.1 Å². The first kappa shape index (κ1) is 24.0. The number of amides is 2. The van der Waals surface area contributed by atoms with Gasteiger partial charge in [0.1, 0.15) is 6.33 Å². The molecule has 0 aliphatic heterocycles. The third kappa shape index (κ3) is 7.18. The van der Waals surface area contributed by atoms with Crippen molar-refractivity contribution in [1.29, 1.82) is 0 Å². The summed E-state index contributed by atoms with van der Waals surface area (Å²) < 4.78 is 63.8. The predicted octanol–water partition coefficient (Wildman–Crippen LogP) is 1.86. The number of fused-ring (bicyclic) bond motifs is 1. The van der Waals surface area contributed by atoms with Crippen molar-refractivity contribution >= 4 is 17.5 Å². The van der Waals surface area contributed by atoms with Crippen LogP contribution in [-0.4, -0.2) is 53.8 Å². The van der Waals surface area contributed by atoms with Crippen molar-refractivity contribution < 1.29 is 31.5 Å². The second kappa shape index (κ2) is 10.3. The topological polar surface area (TPSA) is 119 Å². The molecular weight excluding hydrogens is 455 g/mol. The number of aromatic nitrogens is 6. The van der Waals surface area contributed by atoms with Gasteiger partial charge in [-0.25, -0.2) is 27.9 Å². The smallest absolute Gasteiger partial charge is 0.352 e. The molecular formula is C18H19F5N8O2. The van der Waals surface area contributed by atoms with Gasteiger partial charge in [-0.1, -0.05) is 0 Å². The van der Waals surface area contributed by atoms with Crippen LogP contribution in [0.4, 0.5) is 22.0 Å². The van der Waals surface area contributed by atoms with E-state index < -0.39 is 43.7 Å². The lowest BCUT2D eigenvalue weighted by atomic mass is 10.2. The molecule has 15 heteroatoms. The lowest BCUT2D eigenvalue weighted by Gasteiger charge is -2.07.